The first kappa shape index (κ1) is 13.9. The third kappa shape index (κ3) is 5.34. The molecule has 2 rings (SSSR count). The molecule has 19 heavy (non-hydrogen) atoms. The lowest BCUT2D eigenvalue weighted by atomic mass is 10.3. The van der Waals surface area contributed by atoms with Crippen molar-refractivity contribution in [1.82, 2.24) is 15.2 Å². The first-order chi connectivity index (χ1) is 8.92. The van der Waals surface area contributed by atoms with E-state index in [9.17, 15) is 18.0 Å². The van der Waals surface area contributed by atoms with E-state index in [2.05, 4.69) is 5.32 Å². The Kier molecular flexibility index (Phi) is 4.14. The topological polar surface area (TPSA) is 46.1 Å². The van der Waals surface area contributed by atoms with Gasteiger partial charge in [-0.3, -0.25) is 4.79 Å². The Balaban J connectivity index is 1.73. The third-order valence-electron chi connectivity index (χ3n) is 2.80. The van der Waals surface area contributed by atoms with Crippen LogP contribution >= 0.6 is 0 Å². The highest BCUT2D eigenvalue weighted by Crippen LogP contribution is 2.19. The van der Waals surface area contributed by atoms with E-state index in [0.29, 0.717) is 6.04 Å². The molecule has 0 atom stereocenters. The summed E-state index contributed by atoms with van der Waals surface area (Å²) in [5, 5.41) is 5.16. The van der Waals surface area contributed by atoms with Gasteiger partial charge in [-0.2, -0.15) is 13.2 Å². The number of carbonyl (C=O) groups excluding carboxylic acids is 1. The Bertz CT molecular complexity index is 438. The number of nitrogens with one attached hydrogen (secondary N) is 2. The monoisotopic (exact) mass is 275 g/mol. The van der Waals surface area contributed by atoms with Crippen molar-refractivity contribution in [2.75, 3.05) is 6.54 Å². The summed E-state index contributed by atoms with van der Waals surface area (Å²) in [6.07, 6.45) is 1.48. The maximum atomic E-state index is 11.9. The molecular weight excluding hydrogens is 259 g/mol. The first-order valence-electron chi connectivity index (χ1n) is 6.14. The second kappa shape index (κ2) is 5.64. The van der Waals surface area contributed by atoms with Gasteiger partial charge in [0.25, 0.3) is 0 Å². The molecule has 1 amide bonds. The number of hydrogen-bond acceptors (Lipinski definition) is 2. The van der Waals surface area contributed by atoms with Crippen LogP contribution < -0.4 is 10.6 Å². The number of rotatable bonds is 6. The minimum Gasteiger partial charge on any atom is -0.345 e. The number of amides is 1. The molecule has 0 bridgehead atoms. The van der Waals surface area contributed by atoms with E-state index in [1.54, 1.807) is 17.0 Å². The zero-order chi connectivity index (χ0) is 13.9. The maximum Gasteiger partial charge on any atom is 0.405 e. The van der Waals surface area contributed by atoms with Gasteiger partial charge in [0.05, 0.1) is 0 Å². The highest BCUT2D eigenvalue weighted by molar-refractivity contribution is 5.75. The Morgan fingerprint density at radius 2 is 2.16 bits per heavy atom. The number of alkyl halides is 3. The van der Waals surface area contributed by atoms with Crippen LogP contribution in [-0.2, 0) is 17.9 Å². The van der Waals surface area contributed by atoms with Crippen LogP contribution in [0.15, 0.2) is 18.5 Å². The average molecular weight is 275 g/mol. The van der Waals surface area contributed by atoms with E-state index in [-0.39, 0.29) is 6.54 Å². The molecule has 1 aromatic rings. The summed E-state index contributed by atoms with van der Waals surface area (Å²) < 4.78 is 37.3. The predicted octanol–water partition coefficient (Wildman–Crippen LogP) is 1.42. The Morgan fingerprint density at radius 1 is 1.42 bits per heavy atom. The fraction of sp³-hybridized carbons (Fsp3) is 0.583. The Morgan fingerprint density at radius 3 is 2.79 bits per heavy atom. The lowest BCUT2D eigenvalue weighted by molar-refractivity contribution is -0.138. The zero-order valence-corrected chi connectivity index (χ0v) is 10.3. The molecule has 4 nitrogen and oxygen atoms in total. The summed E-state index contributed by atoms with van der Waals surface area (Å²) in [6.45, 7) is -0.662. The molecule has 0 aromatic carbocycles. The van der Waals surface area contributed by atoms with Gasteiger partial charge >= 0.3 is 6.18 Å². The molecule has 0 radical (unpaired) electrons. The summed E-state index contributed by atoms with van der Waals surface area (Å²) in [4.78, 5) is 11.3. The quantitative estimate of drug-likeness (QED) is 0.824. The zero-order valence-electron chi connectivity index (χ0n) is 10.3. The van der Waals surface area contributed by atoms with Crippen molar-refractivity contribution < 1.29 is 18.0 Å². The SMILES string of the molecule is O=C(Cn1ccc(CNC2CC2)c1)NCC(F)(F)F. The molecule has 106 valence electrons. The van der Waals surface area contributed by atoms with E-state index < -0.39 is 18.6 Å². The van der Waals surface area contributed by atoms with Gasteiger partial charge in [0.1, 0.15) is 13.1 Å². The number of carbonyl (C=O) groups is 1. The van der Waals surface area contributed by atoms with Gasteiger partial charge in [0.15, 0.2) is 0 Å². The number of hydrogen-bond donors (Lipinski definition) is 2. The first-order valence-corrected chi connectivity index (χ1v) is 6.14. The largest absolute Gasteiger partial charge is 0.405 e. The summed E-state index contributed by atoms with van der Waals surface area (Å²) in [5.74, 6) is -0.644. The smallest absolute Gasteiger partial charge is 0.345 e. The number of nitrogens with zero attached hydrogens (tertiary/aromatic N) is 1. The van der Waals surface area contributed by atoms with Crippen LogP contribution in [0.5, 0.6) is 0 Å². The second-order valence-electron chi connectivity index (χ2n) is 4.74. The van der Waals surface area contributed by atoms with Crippen molar-refractivity contribution in [3.63, 3.8) is 0 Å². The van der Waals surface area contributed by atoms with Crippen LogP contribution in [0.4, 0.5) is 13.2 Å². The van der Waals surface area contributed by atoms with Crippen LogP contribution in [0, 0.1) is 0 Å². The standard InChI is InChI=1S/C12H16F3N3O/c13-12(14,15)8-17-11(19)7-18-4-3-9(6-18)5-16-10-1-2-10/h3-4,6,10,16H,1-2,5,7-8H2,(H,17,19). The molecule has 0 spiro atoms. The number of aromatic nitrogens is 1. The fourth-order valence-corrected chi connectivity index (χ4v) is 1.66. The molecule has 0 unspecified atom stereocenters. The van der Waals surface area contributed by atoms with E-state index in [4.69, 9.17) is 0 Å². The molecule has 7 heteroatoms. The average Bonchev–Trinajstić information content (AvgIpc) is 3.04. The van der Waals surface area contributed by atoms with E-state index >= 15 is 0 Å². The van der Waals surface area contributed by atoms with Crippen molar-refractivity contribution in [2.24, 2.45) is 0 Å². The van der Waals surface area contributed by atoms with Crippen molar-refractivity contribution in [1.29, 1.82) is 0 Å². The molecule has 0 saturated heterocycles. The highest BCUT2D eigenvalue weighted by atomic mass is 19.4. The minimum absolute atomic E-state index is 0.0977. The molecule has 1 aliphatic carbocycles. The highest BCUT2D eigenvalue weighted by Gasteiger charge is 2.27. The van der Waals surface area contributed by atoms with Gasteiger partial charge in [0.2, 0.25) is 5.91 Å². The fourth-order valence-electron chi connectivity index (χ4n) is 1.66. The van der Waals surface area contributed by atoms with Gasteiger partial charge in [-0.25, -0.2) is 0 Å². The summed E-state index contributed by atoms with van der Waals surface area (Å²) in [6, 6.07) is 2.45. The predicted molar refractivity (Wildman–Crippen MR) is 63.4 cm³/mol. The van der Waals surface area contributed by atoms with Crippen molar-refractivity contribution in [3.05, 3.63) is 24.0 Å². The molecule has 2 N–H and O–H groups in total. The molecule has 1 aromatic heterocycles. The van der Waals surface area contributed by atoms with Crippen molar-refractivity contribution >= 4 is 5.91 Å². The lowest BCUT2D eigenvalue weighted by Gasteiger charge is -2.08. The van der Waals surface area contributed by atoms with Crippen LogP contribution in [0.2, 0.25) is 0 Å². The van der Waals surface area contributed by atoms with Crippen molar-refractivity contribution in [3.8, 4) is 0 Å². The summed E-state index contributed by atoms with van der Waals surface area (Å²) in [5.41, 5.74) is 1.02. The van der Waals surface area contributed by atoms with Crippen LogP contribution in [-0.4, -0.2) is 29.2 Å². The second-order valence-corrected chi connectivity index (χ2v) is 4.74. The van der Waals surface area contributed by atoms with Crippen LogP contribution in [0.1, 0.15) is 18.4 Å². The molecule has 0 aliphatic heterocycles. The third-order valence-corrected chi connectivity index (χ3v) is 2.80. The molecule has 1 aliphatic rings. The van der Waals surface area contributed by atoms with E-state index in [1.807, 2.05) is 11.4 Å². The Labute approximate surface area is 109 Å². The molecule has 1 heterocycles. The van der Waals surface area contributed by atoms with E-state index in [0.717, 1.165) is 12.1 Å². The van der Waals surface area contributed by atoms with Crippen LogP contribution in [0.25, 0.3) is 0 Å². The Hall–Kier alpha value is -1.50. The maximum absolute atomic E-state index is 11.9. The van der Waals surface area contributed by atoms with Crippen LogP contribution in [0.3, 0.4) is 0 Å². The molecular formula is C12H16F3N3O. The van der Waals surface area contributed by atoms with Crippen molar-refractivity contribution in [2.45, 2.75) is 38.1 Å². The lowest BCUT2D eigenvalue weighted by Crippen LogP contribution is -2.35. The molecule has 1 fully saturated rings. The number of halogens is 3. The summed E-state index contributed by atoms with van der Waals surface area (Å²) >= 11 is 0. The van der Waals surface area contributed by atoms with Gasteiger partial charge < -0.3 is 15.2 Å². The summed E-state index contributed by atoms with van der Waals surface area (Å²) in [7, 11) is 0. The van der Waals surface area contributed by atoms with E-state index in [1.165, 1.54) is 12.8 Å². The van der Waals surface area contributed by atoms with Gasteiger partial charge in [-0.1, -0.05) is 0 Å². The minimum atomic E-state index is -4.37. The van der Waals surface area contributed by atoms with Gasteiger partial charge in [0, 0.05) is 25.0 Å². The molecule has 1 saturated carbocycles. The normalized spacial score (nSPS) is 15.5. The van der Waals surface area contributed by atoms with Gasteiger partial charge in [-0.15, -0.1) is 0 Å². The van der Waals surface area contributed by atoms with Gasteiger partial charge in [-0.05, 0) is 24.5 Å².